The number of benzene rings is 4. The predicted octanol–water partition coefficient (Wildman–Crippen LogP) is 8.25. The summed E-state index contributed by atoms with van der Waals surface area (Å²) in [7, 11) is 0. The van der Waals surface area contributed by atoms with Crippen LogP contribution in [0, 0.1) is 13.8 Å². The minimum Gasteiger partial charge on any atom is -0.0683 e. The van der Waals surface area contributed by atoms with Gasteiger partial charge in [-0.1, -0.05) is 122 Å². The largest absolute Gasteiger partial charge is 0.0683 e. The average Bonchev–Trinajstić information content (AvgIpc) is 2.77. The Labute approximate surface area is 175 Å². The van der Waals surface area contributed by atoms with Crippen molar-refractivity contribution < 1.29 is 0 Å². The second-order valence-electron chi connectivity index (χ2n) is 7.23. The molecule has 0 heterocycles. The molecule has 0 N–H and O–H groups in total. The maximum Gasteiger partial charge on any atom is -0.00134 e. The molecule has 0 spiro atoms. The molecule has 4 rings (SSSR count). The van der Waals surface area contributed by atoms with Gasteiger partial charge in [-0.05, 0) is 53.6 Å². The van der Waals surface area contributed by atoms with Gasteiger partial charge in [-0.2, -0.15) is 0 Å². The quantitative estimate of drug-likeness (QED) is 0.335. The summed E-state index contributed by atoms with van der Waals surface area (Å²) < 4.78 is 0. The molecule has 0 heteroatoms. The molecule has 4 aromatic rings. The van der Waals surface area contributed by atoms with Gasteiger partial charge in [-0.15, -0.1) is 0 Å². The van der Waals surface area contributed by atoms with Crippen molar-refractivity contribution in [3.05, 3.63) is 119 Å². The van der Waals surface area contributed by atoms with Gasteiger partial charge in [0.05, 0.1) is 0 Å². The van der Waals surface area contributed by atoms with Crippen molar-refractivity contribution in [2.24, 2.45) is 0 Å². The fourth-order valence-corrected chi connectivity index (χ4v) is 3.66. The van der Waals surface area contributed by atoms with E-state index in [0.29, 0.717) is 0 Å². The van der Waals surface area contributed by atoms with Gasteiger partial charge in [0.25, 0.3) is 0 Å². The Morgan fingerprint density at radius 2 is 1.03 bits per heavy atom. The lowest BCUT2D eigenvalue weighted by atomic mass is 9.90. The minimum absolute atomic E-state index is 0.927. The highest BCUT2D eigenvalue weighted by Gasteiger charge is 2.10. The molecule has 0 aliphatic carbocycles. The van der Waals surface area contributed by atoms with E-state index in [1.807, 2.05) is 13.8 Å². The molecule has 0 amide bonds. The van der Waals surface area contributed by atoms with Crippen molar-refractivity contribution in [2.45, 2.75) is 34.1 Å². The van der Waals surface area contributed by atoms with E-state index in [4.69, 9.17) is 0 Å². The van der Waals surface area contributed by atoms with E-state index in [1.54, 1.807) is 0 Å². The van der Waals surface area contributed by atoms with Crippen LogP contribution in [-0.4, -0.2) is 0 Å². The maximum atomic E-state index is 2.33. The van der Waals surface area contributed by atoms with Gasteiger partial charge in [0.2, 0.25) is 0 Å². The molecule has 0 bridgehead atoms. The molecule has 0 unspecified atom stereocenters. The first-order valence-corrected chi connectivity index (χ1v) is 10.5. The lowest BCUT2D eigenvalue weighted by Crippen LogP contribution is -1.96. The van der Waals surface area contributed by atoms with Crippen LogP contribution in [0.4, 0.5) is 0 Å². The van der Waals surface area contributed by atoms with Crippen molar-refractivity contribution in [3.8, 4) is 22.3 Å². The molecule has 4 aromatic carbocycles. The molecule has 29 heavy (non-hydrogen) atoms. The van der Waals surface area contributed by atoms with Crippen LogP contribution in [0.2, 0.25) is 0 Å². The molecule has 0 fully saturated rings. The standard InChI is InChI=1S/C27H24.C2H6/c1-20-12-15-23(16-13-20)27-17-14-21(2)18-25(27)19-24-10-6-7-11-26(24)22-8-4-3-5-9-22;1-2/h3-18H,19H2,1-2H3;1-2H3. The van der Waals surface area contributed by atoms with Crippen LogP contribution in [0.25, 0.3) is 22.3 Å². The van der Waals surface area contributed by atoms with E-state index in [-0.39, 0.29) is 0 Å². The number of rotatable bonds is 4. The first-order chi connectivity index (χ1) is 14.2. The molecule has 146 valence electrons. The zero-order chi connectivity index (χ0) is 20.6. The van der Waals surface area contributed by atoms with Crippen LogP contribution in [-0.2, 0) is 6.42 Å². The van der Waals surface area contributed by atoms with E-state index >= 15 is 0 Å². The van der Waals surface area contributed by atoms with Gasteiger partial charge in [0, 0.05) is 0 Å². The first-order valence-electron chi connectivity index (χ1n) is 10.5. The van der Waals surface area contributed by atoms with Crippen molar-refractivity contribution in [1.29, 1.82) is 0 Å². The number of aryl methyl sites for hydroxylation is 2. The smallest absolute Gasteiger partial charge is 0.00134 e. The zero-order valence-corrected chi connectivity index (χ0v) is 17.9. The van der Waals surface area contributed by atoms with Gasteiger partial charge in [0.15, 0.2) is 0 Å². The fourth-order valence-electron chi connectivity index (χ4n) is 3.66. The maximum absolute atomic E-state index is 2.33. The van der Waals surface area contributed by atoms with Crippen LogP contribution >= 0.6 is 0 Å². The van der Waals surface area contributed by atoms with E-state index in [0.717, 1.165) is 6.42 Å². The molecule has 0 aliphatic heterocycles. The molecule has 0 nitrogen and oxygen atoms in total. The summed E-state index contributed by atoms with van der Waals surface area (Å²) >= 11 is 0. The van der Waals surface area contributed by atoms with Crippen LogP contribution < -0.4 is 0 Å². The molecule has 0 aliphatic rings. The Morgan fingerprint density at radius 1 is 0.483 bits per heavy atom. The van der Waals surface area contributed by atoms with Gasteiger partial charge in [-0.25, -0.2) is 0 Å². The summed E-state index contributed by atoms with van der Waals surface area (Å²) in [5.41, 5.74) is 10.5. The number of hydrogen-bond acceptors (Lipinski definition) is 0. The monoisotopic (exact) mass is 378 g/mol. The Hall–Kier alpha value is -3.12. The van der Waals surface area contributed by atoms with Gasteiger partial charge >= 0.3 is 0 Å². The van der Waals surface area contributed by atoms with Crippen LogP contribution in [0.15, 0.2) is 97.1 Å². The van der Waals surface area contributed by atoms with Gasteiger partial charge in [-0.3, -0.25) is 0 Å². The van der Waals surface area contributed by atoms with Crippen molar-refractivity contribution in [2.75, 3.05) is 0 Å². The Balaban J connectivity index is 0.00000117. The van der Waals surface area contributed by atoms with Crippen molar-refractivity contribution in [1.82, 2.24) is 0 Å². The molecular formula is C29H30. The first kappa shape index (κ1) is 20.6. The third-order valence-electron chi connectivity index (χ3n) is 5.11. The molecule has 0 aromatic heterocycles. The molecule has 0 radical (unpaired) electrons. The second kappa shape index (κ2) is 9.89. The molecular weight excluding hydrogens is 348 g/mol. The van der Waals surface area contributed by atoms with Crippen LogP contribution in [0.3, 0.4) is 0 Å². The average molecular weight is 379 g/mol. The topological polar surface area (TPSA) is 0 Å². The Kier molecular flexibility index (Phi) is 7.03. The second-order valence-corrected chi connectivity index (χ2v) is 7.23. The third kappa shape index (κ3) is 5.03. The highest BCUT2D eigenvalue weighted by molar-refractivity contribution is 5.72. The van der Waals surface area contributed by atoms with E-state index in [9.17, 15) is 0 Å². The lowest BCUT2D eigenvalue weighted by molar-refractivity contribution is 1.18. The summed E-state index contributed by atoms with van der Waals surface area (Å²) in [6.45, 7) is 8.31. The summed E-state index contributed by atoms with van der Waals surface area (Å²) in [4.78, 5) is 0. The van der Waals surface area contributed by atoms with E-state index in [1.165, 1.54) is 44.5 Å². The zero-order valence-electron chi connectivity index (χ0n) is 17.9. The highest BCUT2D eigenvalue weighted by Crippen LogP contribution is 2.31. The number of hydrogen-bond donors (Lipinski definition) is 0. The van der Waals surface area contributed by atoms with E-state index in [2.05, 4.69) is 111 Å². The fraction of sp³-hybridized carbons (Fsp3) is 0.172. The van der Waals surface area contributed by atoms with Crippen molar-refractivity contribution in [3.63, 3.8) is 0 Å². The normalized spacial score (nSPS) is 10.2. The van der Waals surface area contributed by atoms with Gasteiger partial charge in [0.1, 0.15) is 0 Å². The van der Waals surface area contributed by atoms with Crippen LogP contribution in [0.5, 0.6) is 0 Å². The van der Waals surface area contributed by atoms with E-state index < -0.39 is 0 Å². The Morgan fingerprint density at radius 3 is 1.76 bits per heavy atom. The predicted molar refractivity (Wildman–Crippen MR) is 127 cm³/mol. The third-order valence-corrected chi connectivity index (χ3v) is 5.11. The minimum atomic E-state index is 0.927. The summed E-state index contributed by atoms with van der Waals surface area (Å²) in [6, 6.07) is 35.1. The van der Waals surface area contributed by atoms with Gasteiger partial charge < -0.3 is 0 Å². The lowest BCUT2D eigenvalue weighted by Gasteiger charge is -2.15. The molecule has 0 saturated heterocycles. The Bertz CT molecular complexity index is 1040. The summed E-state index contributed by atoms with van der Waals surface area (Å²) in [6.07, 6.45) is 0.927. The molecule has 0 saturated carbocycles. The molecule has 0 atom stereocenters. The highest BCUT2D eigenvalue weighted by atomic mass is 14.1. The van der Waals surface area contributed by atoms with Crippen molar-refractivity contribution >= 4 is 0 Å². The summed E-state index contributed by atoms with van der Waals surface area (Å²) in [5, 5.41) is 0. The SMILES string of the molecule is CC.Cc1ccc(-c2ccc(C)cc2Cc2ccccc2-c2ccccc2)cc1. The van der Waals surface area contributed by atoms with Crippen LogP contribution in [0.1, 0.15) is 36.1 Å². The summed E-state index contributed by atoms with van der Waals surface area (Å²) in [5.74, 6) is 0.